The molecule has 0 atom stereocenters. The minimum atomic E-state index is -3.58. The summed E-state index contributed by atoms with van der Waals surface area (Å²) in [6.07, 6.45) is 0. The average Bonchev–Trinajstić information content (AvgIpc) is 1.86. The normalized spacial score (nSPS) is 7.08. The first-order valence-corrected chi connectivity index (χ1v) is 5.19. The molecule has 0 saturated carbocycles. The molecule has 0 aliphatic rings. The van der Waals surface area contributed by atoms with Gasteiger partial charge in [-0.3, -0.25) is 0 Å². The van der Waals surface area contributed by atoms with Gasteiger partial charge in [0.1, 0.15) is 0 Å². The Hall–Kier alpha value is 0.242. The molecule has 7 heteroatoms. The van der Waals surface area contributed by atoms with Gasteiger partial charge in [-0.1, -0.05) is 6.58 Å². The van der Waals surface area contributed by atoms with E-state index in [4.69, 9.17) is 10.7 Å². The first-order valence-electron chi connectivity index (χ1n) is 3.16. The Balaban J connectivity index is -0.000000173. The van der Waals surface area contributed by atoms with Crippen molar-refractivity contribution in [3.63, 3.8) is 0 Å². The topological polar surface area (TPSA) is 83.8 Å². The maximum atomic E-state index is 10.4. The second-order valence-corrected chi connectivity index (χ2v) is 2.67. The standard InChI is InChI=1S/C6H10O2.Li.2H2O.O.Ti.H/c1-4-8-6(7)5(2)3;;;;;;/h2,4H2,1,3H3;;2*1H2;;;/q;;;;;+2;/p-2. The van der Waals surface area contributed by atoms with E-state index in [-0.39, 0.29) is 24.8 Å². The van der Waals surface area contributed by atoms with E-state index in [0.29, 0.717) is 12.2 Å². The van der Waals surface area contributed by atoms with E-state index in [2.05, 4.69) is 11.3 Å². The van der Waals surface area contributed by atoms with Crippen molar-refractivity contribution in [1.29, 1.82) is 0 Å². The van der Waals surface area contributed by atoms with Gasteiger partial charge in [-0.15, -0.1) is 0 Å². The molecule has 0 amide bonds. The molecule has 72 valence electrons. The molecule has 0 aliphatic heterocycles. The number of ether oxygens (including phenoxy) is 1. The van der Waals surface area contributed by atoms with E-state index in [1.807, 2.05) is 0 Å². The monoisotopic (exact) mass is 220 g/mol. The Morgan fingerprint density at radius 3 is 1.92 bits per heavy atom. The summed E-state index contributed by atoms with van der Waals surface area (Å²) in [6, 6.07) is 0. The molecule has 0 radical (unpaired) electrons. The summed E-state index contributed by atoms with van der Waals surface area (Å²) < 4.78 is 27.8. The third-order valence-electron chi connectivity index (χ3n) is 0.624. The molecule has 0 bridgehead atoms. The number of hydrogen-bond acceptors (Lipinski definition) is 3. The van der Waals surface area contributed by atoms with E-state index in [1.54, 1.807) is 13.8 Å². The first-order chi connectivity index (χ1) is 5.41. The second-order valence-electron chi connectivity index (χ2n) is 1.78. The second kappa shape index (κ2) is 12.2. The summed E-state index contributed by atoms with van der Waals surface area (Å²) in [6.45, 7) is 7.21. The third kappa shape index (κ3) is 24.5. The molecule has 0 aromatic rings. The van der Waals surface area contributed by atoms with E-state index >= 15 is 0 Å². The van der Waals surface area contributed by atoms with Crippen molar-refractivity contribution in [3.8, 4) is 0 Å². The van der Waals surface area contributed by atoms with Crippen molar-refractivity contribution in [3.05, 3.63) is 12.2 Å². The Morgan fingerprint density at radius 2 is 1.85 bits per heavy atom. The van der Waals surface area contributed by atoms with Crippen LogP contribution in [-0.4, -0.2) is 38.8 Å². The average molecular weight is 220 g/mol. The number of carbonyl (C=O) groups excluding carboxylic acids is 1. The molecular formula is C6H13LiO5Ti. The summed E-state index contributed by atoms with van der Waals surface area (Å²) in [4.78, 5) is 10.4. The Kier molecular flexibility index (Phi) is 17.8. The van der Waals surface area contributed by atoms with Gasteiger partial charge in [0, 0.05) is 5.57 Å². The van der Waals surface area contributed by atoms with Crippen molar-refractivity contribution >= 4 is 24.8 Å². The van der Waals surface area contributed by atoms with Gasteiger partial charge in [0.2, 0.25) is 0 Å². The summed E-state index contributed by atoms with van der Waals surface area (Å²) in [7, 11) is 0. The van der Waals surface area contributed by atoms with Crippen molar-refractivity contribution < 1.29 is 38.8 Å². The van der Waals surface area contributed by atoms with Crippen LogP contribution in [0.5, 0.6) is 0 Å². The van der Waals surface area contributed by atoms with Gasteiger partial charge in [0.05, 0.1) is 6.61 Å². The zero-order chi connectivity index (χ0) is 10.1. The quantitative estimate of drug-likeness (QED) is 0.363. The molecule has 0 aromatic carbocycles. The van der Waals surface area contributed by atoms with E-state index in [9.17, 15) is 4.79 Å². The zero-order valence-electron chi connectivity index (χ0n) is 7.03. The maximum absolute atomic E-state index is 10.4. The van der Waals surface area contributed by atoms with Crippen LogP contribution in [0.25, 0.3) is 0 Å². The number of esters is 1. The van der Waals surface area contributed by atoms with Crippen molar-refractivity contribution in [1.82, 2.24) is 0 Å². The van der Waals surface area contributed by atoms with Gasteiger partial charge in [-0.2, -0.15) is 0 Å². The number of hydrogen-bond donors (Lipinski definition) is 2. The molecule has 0 rings (SSSR count). The zero-order valence-corrected chi connectivity index (χ0v) is 8.59. The molecule has 0 aromatic heterocycles. The molecule has 0 heterocycles. The van der Waals surface area contributed by atoms with Crippen LogP contribution < -0.4 is 0 Å². The van der Waals surface area contributed by atoms with Gasteiger partial charge in [0.15, 0.2) is 0 Å². The van der Waals surface area contributed by atoms with Crippen LogP contribution in [0, 0.1) is 0 Å². The number of rotatable bonds is 2. The summed E-state index contributed by atoms with van der Waals surface area (Å²) in [5, 5.41) is 0. The van der Waals surface area contributed by atoms with E-state index < -0.39 is 18.6 Å². The predicted octanol–water partition coefficient (Wildman–Crippen LogP) is -0.758. The molecule has 0 unspecified atom stereocenters. The van der Waals surface area contributed by atoms with Gasteiger partial charge < -0.3 is 4.74 Å². The Labute approximate surface area is 96.1 Å². The third-order valence-corrected chi connectivity index (χ3v) is 0.624. The number of carbonyl (C=O) groups is 1. The van der Waals surface area contributed by atoms with Crippen LogP contribution >= 0.6 is 0 Å². The molecule has 13 heavy (non-hydrogen) atoms. The van der Waals surface area contributed by atoms with Crippen molar-refractivity contribution in [2.45, 2.75) is 13.8 Å². The molecule has 5 nitrogen and oxygen atoms in total. The van der Waals surface area contributed by atoms with Gasteiger partial charge in [-0.05, 0) is 13.8 Å². The van der Waals surface area contributed by atoms with Crippen LogP contribution in [0.15, 0.2) is 12.2 Å². The van der Waals surface area contributed by atoms with Gasteiger partial charge in [0.25, 0.3) is 0 Å². The van der Waals surface area contributed by atoms with Gasteiger partial charge >= 0.3 is 54.1 Å². The van der Waals surface area contributed by atoms with Crippen LogP contribution in [0.3, 0.4) is 0 Å². The summed E-state index contributed by atoms with van der Waals surface area (Å²) >= 11 is -3.58. The molecule has 2 N–H and O–H groups in total. The molecular weight excluding hydrogens is 207 g/mol. The molecule has 0 fully saturated rings. The Morgan fingerprint density at radius 1 is 1.54 bits per heavy atom. The van der Waals surface area contributed by atoms with Crippen LogP contribution in [0.1, 0.15) is 13.8 Å². The van der Waals surface area contributed by atoms with Crippen LogP contribution in [0.4, 0.5) is 0 Å². The predicted molar refractivity (Wildman–Crippen MR) is 43.7 cm³/mol. The first kappa shape index (κ1) is 18.9. The van der Waals surface area contributed by atoms with Crippen molar-refractivity contribution in [2.24, 2.45) is 0 Å². The molecule has 0 spiro atoms. The van der Waals surface area contributed by atoms with Crippen molar-refractivity contribution in [2.75, 3.05) is 6.61 Å². The van der Waals surface area contributed by atoms with Crippen LogP contribution in [0.2, 0.25) is 0 Å². The summed E-state index contributed by atoms with van der Waals surface area (Å²) in [5.41, 5.74) is 0.451. The Bertz CT molecular complexity index is 178. The fourth-order valence-electron chi connectivity index (χ4n) is 0.254. The van der Waals surface area contributed by atoms with E-state index in [1.165, 1.54) is 0 Å². The SMILES string of the molecule is C=C(C)C(=O)OCC.[LiH].[O]=[Ti]([OH])[OH]. The fraction of sp³-hybridized carbons (Fsp3) is 0.500. The van der Waals surface area contributed by atoms with E-state index in [0.717, 1.165) is 0 Å². The minimum absolute atomic E-state index is 0. The van der Waals surface area contributed by atoms with Gasteiger partial charge in [-0.25, -0.2) is 4.79 Å². The molecule has 0 saturated heterocycles. The molecule has 0 aliphatic carbocycles. The fourth-order valence-corrected chi connectivity index (χ4v) is 0.254. The van der Waals surface area contributed by atoms with Crippen LogP contribution in [-0.2, 0) is 31.5 Å². The summed E-state index contributed by atoms with van der Waals surface area (Å²) in [5.74, 6) is -0.312.